The largest absolute Gasteiger partial charge is 0.497 e. The summed E-state index contributed by atoms with van der Waals surface area (Å²) >= 11 is 2.25. The van der Waals surface area contributed by atoms with Gasteiger partial charge < -0.3 is 13.9 Å². The quantitative estimate of drug-likeness (QED) is 0.200. The average molecular weight is 534 g/mol. The maximum Gasteiger partial charge on any atom is 0.238 e. The average Bonchev–Trinajstić information content (AvgIpc) is 3.21. The van der Waals surface area contributed by atoms with Crippen molar-refractivity contribution in [2.45, 2.75) is 0 Å². The Kier molecular flexibility index (Phi) is 6.57. The van der Waals surface area contributed by atoms with Crippen molar-refractivity contribution in [1.29, 1.82) is 5.26 Å². The predicted molar refractivity (Wildman–Crippen MR) is 134 cm³/mol. The smallest absolute Gasteiger partial charge is 0.238 e. The van der Waals surface area contributed by atoms with Gasteiger partial charge in [-0.15, -0.1) is 0 Å². The molecular formula is C26H19IN2O3. The van der Waals surface area contributed by atoms with Gasteiger partial charge in [-0.1, -0.05) is 24.3 Å². The molecular weight excluding hydrogens is 515 g/mol. The predicted octanol–water partition coefficient (Wildman–Crippen LogP) is 6.86. The van der Waals surface area contributed by atoms with E-state index in [0.717, 1.165) is 31.8 Å². The molecule has 0 unspecified atom stereocenters. The summed E-state index contributed by atoms with van der Waals surface area (Å²) in [6.07, 6.45) is 1.71. The number of rotatable bonds is 6. The Morgan fingerprint density at radius 3 is 2.09 bits per heavy atom. The fourth-order valence-electron chi connectivity index (χ4n) is 3.31. The Balaban J connectivity index is 1.87. The topological polar surface area (TPSA) is 67.8 Å². The standard InChI is InChI=1S/C26H19IN2O3/c1-30-21-10-6-18(7-11-21)24-23(15-28)26(29-16-17-4-3-5-20(27)14-17)32-25(24)19-8-12-22(31-2)13-9-19/h3-14,16H,1-2H3. The summed E-state index contributed by atoms with van der Waals surface area (Å²) in [5, 5.41) is 10.0. The van der Waals surface area contributed by atoms with Gasteiger partial charge in [0.2, 0.25) is 5.88 Å². The lowest BCUT2D eigenvalue weighted by atomic mass is 9.98. The van der Waals surface area contributed by atoms with Crippen LogP contribution in [0, 0.1) is 14.9 Å². The van der Waals surface area contributed by atoms with Crippen molar-refractivity contribution in [1.82, 2.24) is 0 Å². The third-order valence-electron chi connectivity index (χ3n) is 4.91. The molecule has 0 spiro atoms. The van der Waals surface area contributed by atoms with Crippen LogP contribution in [0.1, 0.15) is 11.1 Å². The molecule has 0 radical (unpaired) electrons. The fraction of sp³-hybridized carbons (Fsp3) is 0.0769. The van der Waals surface area contributed by atoms with Crippen molar-refractivity contribution in [3.05, 3.63) is 87.5 Å². The number of nitriles is 1. The van der Waals surface area contributed by atoms with Crippen LogP contribution in [0.4, 0.5) is 5.88 Å². The normalized spacial score (nSPS) is 10.8. The zero-order chi connectivity index (χ0) is 22.5. The molecule has 32 heavy (non-hydrogen) atoms. The lowest BCUT2D eigenvalue weighted by Gasteiger charge is -2.06. The van der Waals surface area contributed by atoms with E-state index >= 15 is 0 Å². The molecule has 0 amide bonds. The summed E-state index contributed by atoms with van der Waals surface area (Å²) in [5.41, 5.74) is 3.66. The Bertz CT molecular complexity index is 1300. The molecule has 0 bridgehead atoms. The van der Waals surface area contributed by atoms with Gasteiger partial charge in [0.15, 0.2) is 0 Å². The zero-order valence-corrected chi connectivity index (χ0v) is 19.7. The molecule has 4 rings (SSSR count). The molecule has 0 N–H and O–H groups in total. The number of benzene rings is 3. The Labute approximate surface area is 200 Å². The van der Waals surface area contributed by atoms with Crippen LogP contribution in [0.5, 0.6) is 11.5 Å². The van der Waals surface area contributed by atoms with E-state index in [1.807, 2.05) is 72.8 Å². The number of nitrogens with zero attached hydrogens (tertiary/aromatic N) is 2. The van der Waals surface area contributed by atoms with Gasteiger partial charge in [-0.05, 0) is 82.2 Å². The lowest BCUT2D eigenvalue weighted by molar-refractivity contribution is 0.414. The van der Waals surface area contributed by atoms with Gasteiger partial charge in [0.1, 0.15) is 28.9 Å². The highest BCUT2D eigenvalue weighted by atomic mass is 127. The van der Waals surface area contributed by atoms with Gasteiger partial charge in [0, 0.05) is 20.9 Å². The van der Waals surface area contributed by atoms with Crippen LogP contribution in [-0.4, -0.2) is 20.4 Å². The van der Waals surface area contributed by atoms with Gasteiger partial charge in [-0.3, -0.25) is 0 Å². The minimum absolute atomic E-state index is 0.267. The molecule has 0 fully saturated rings. The minimum atomic E-state index is 0.267. The van der Waals surface area contributed by atoms with Gasteiger partial charge >= 0.3 is 0 Å². The van der Waals surface area contributed by atoms with E-state index in [2.05, 4.69) is 33.7 Å². The van der Waals surface area contributed by atoms with Crippen molar-refractivity contribution in [3.8, 4) is 40.0 Å². The van der Waals surface area contributed by atoms with Crippen LogP contribution in [0.15, 0.2) is 82.2 Å². The van der Waals surface area contributed by atoms with E-state index in [4.69, 9.17) is 13.9 Å². The van der Waals surface area contributed by atoms with Crippen molar-refractivity contribution in [3.63, 3.8) is 0 Å². The number of halogens is 1. The zero-order valence-electron chi connectivity index (χ0n) is 17.5. The lowest BCUT2D eigenvalue weighted by Crippen LogP contribution is -1.87. The van der Waals surface area contributed by atoms with Gasteiger partial charge in [-0.25, -0.2) is 4.99 Å². The molecule has 3 aromatic carbocycles. The van der Waals surface area contributed by atoms with Crippen LogP contribution >= 0.6 is 22.6 Å². The van der Waals surface area contributed by atoms with Crippen LogP contribution in [0.25, 0.3) is 22.5 Å². The first-order valence-electron chi connectivity index (χ1n) is 9.78. The molecule has 1 heterocycles. The molecule has 0 saturated heterocycles. The van der Waals surface area contributed by atoms with Crippen molar-refractivity contribution < 1.29 is 13.9 Å². The molecule has 158 valence electrons. The van der Waals surface area contributed by atoms with Crippen LogP contribution in [0.2, 0.25) is 0 Å². The highest BCUT2D eigenvalue weighted by molar-refractivity contribution is 14.1. The summed E-state index contributed by atoms with van der Waals surface area (Å²) in [7, 11) is 3.24. The first-order chi connectivity index (χ1) is 15.6. The van der Waals surface area contributed by atoms with E-state index in [0.29, 0.717) is 16.9 Å². The summed E-state index contributed by atoms with van der Waals surface area (Å²) in [4.78, 5) is 4.52. The first kappa shape index (κ1) is 21.7. The Morgan fingerprint density at radius 1 is 0.906 bits per heavy atom. The molecule has 0 aliphatic carbocycles. The maximum absolute atomic E-state index is 10.0. The molecule has 1 aromatic heterocycles. The van der Waals surface area contributed by atoms with Gasteiger partial charge in [-0.2, -0.15) is 5.26 Å². The molecule has 0 aliphatic rings. The van der Waals surface area contributed by atoms with Gasteiger partial charge in [0.05, 0.1) is 14.2 Å². The summed E-state index contributed by atoms with van der Waals surface area (Å²) in [6.45, 7) is 0. The number of ether oxygens (including phenoxy) is 2. The summed E-state index contributed by atoms with van der Waals surface area (Å²) in [5.74, 6) is 2.31. The maximum atomic E-state index is 10.0. The van der Waals surface area contributed by atoms with Crippen molar-refractivity contribution in [2.75, 3.05) is 14.2 Å². The Hall–Kier alpha value is -3.57. The highest BCUT2D eigenvalue weighted by Gasteiger charge is 2.23. The Morgan fingerprint density at radius 2 is 1.53 bits per heavy atom. The SMILES string of the molecule is COc1ccc(-c2oc(N=Cc3cccc(I)c3)c(C#N)c2-c2ccc(OC)cc2)cc1. The number of hydrogen-bond donors (Lipinski definition) is 0. The fourth-order valence-corrected chi connectivity index (χ4v) is 3.88. The third-order valence-corrected chi connectivity index (χ3v) is 5.58. The second-order valence-corrected chi connectivity index (χ2v) is 8.11. The van der Waals surface area contributed by atoms with Crippen molar-refractivity contribution >= 4 is 34.7 Å². The van der Waals surface area contributed by atoms with Crippen molar-refractivity contribution in [2.24, 2.45) is 4.99 Å². The molecule has 5 nitrogen and oxygen atoms in total. The highest BCUT2D eigenvalue weighted by Crippen LogP contribution is 2.43. The van der Waals surface area contributed by atoms with E-state index in [1.165, 1.54) is 0 Å². The molecule has 6 heteroatoms. The molecule has 0 atom stereocenters. The summed E-state index contributed by atoms with van der Waals surface area (Å²) < 4.78 is 17.8. The second-order valence-electron chi connectivity index (χ2n) is 6.87. The first-order valence-corrected chi connectivity index (χ1v) is 10.9. The van der Waals surface area contributed by atoms with Gasteiger partial charge in [0.25, 0.3) is 0 Å². The van der Waals surface area contributed by atoms with E-state index in [-0.39, 0.29) is 5.88 Å². The van der Waals surface area contributed by atoms with Crippen LogP contribution in [0.3, 0.4) is 0 Å². The van der Waals surface area contributed by atoms with Crippen LogP contribution < -0.4 is 9.47 Å². The number of methoxy groups -OCH3 is 2. The minimum Gasteiger partial charge on any atom is -0.497 e. The van der Waals surface area contributed by atoms with E-state index in [1.54, 1.807) is 20.4 Å². The second kappa shape index (κ2) is 9.71. The van der Waals surface area contributed by atoms with E-state index in [9.17, 15) is 5.26 Å². The summed E-state index contributed by atoms with van der Waals surface area (Å²) in [6, 6.07) is 25.3. The monoisotopic (exact) mass is 534 g/mol. The number of furan rings is 1. The number of hydrogen-bond acceptors (Lipinski definition) is 5. The molecule has 0 aliphatic heterocycles. The van der Waals surface area contributed by atoms with E-state index < -0.39 is 0 Å². The molecule has 0 saturated carbocycles. The van der Waals surface area contributed by atoms with Crippen LogP contribution in [-0.2, 0) is 0 Å². The molecule has 4 aromatic rings. The third kappa shape index (κ3) is 4.53. The number of aliphatic imine (C=N–C) groups is 1.